The molecule has 0 saturated heterocycles. The fourth-order valence-corrected chi connectivity index (χ4v) is 4.97. The zero-order valence-electron chi connectivity index (χ0n) is 20.6. The maximum absolute atomic E-state index is 12.7. The van der Waals surface area contributed by atoms with Crippen LogP contribution in [0, 0.1) is 0 Å². The molecule has 0 aliphatic rings. The topological polar surface area (TPSA) is 69.0 Å². The SMILES string of the molecule is CCOc1ccc(CNC(=O)c2ccc(Cn3c(SCc4ccccc4)nc4cccnc43)cc2)cc1. The number of pyridine rings is 1. The van der Waals surface area contributed by atoms with E-state index < -0.39 is 0 Å². The number of nitrogens with one attached hydrogen (secondary N) is 1. The van der Waals surface area contributed by atoms with E-state index in [1.165, 1.54) is 5.56 Å². The molecule has 0 spiro atoms. The number of fused-ring (bicyclic) bond motifs is 1. The van der Waals surface area contributed by atoms with Gasteiger partial charge in [0.25, 0.3) is 5.91 Å². The third-order valence-electron chi connectivity index (χ3n) is 5.92. The van der Waals surface area contributed by atoms with Gasteiger partial charge in [-0.3, -0.25) is 9.36 Å². The van der Waals surface area contributed by atoms with Crippen LogP contribution in [-0.4, -0.2) is 27.0 Å². The van der Waals surface area contributed by atoms with Crippen LogP contribution in [0.1, 0.15) is 34.0 Å². The summed E-state index contributed by atoms with van der Waals surface area (Å²) in [5.74, 6) is 1.56. The molecular formula is C30H28N4O2S. The van der Waals surface area contributed by atoms with Crippen molar-refractivity contribution in [1.82, 2.24) is 19.9 Å². The van der Waals surface area contributed by atoms with E-state index in [0.29, 0.717) is 25.3 Å². The monoisotopic (exact) mass is 508 g/mol. The van der Waals surface area contributed by atoms with Crippen LogP contribution in [0.25, 0.3) is 11.2 Å². The van der Waals surface area contributed by atoms with Gasteiger partial charge in [0.1, 0.15) is 11.3 Å². The molecule has 0 atom stereocenters. The minimum atomic E-state index is -0.103. The molecular weight excluding hydrogens is 480 g/mol. The second-order valence-electron chi connectivity index (χ2n) is 8.56. The van der Waals surface area contributed by atoms with Crippen LogP contribution in [-0.2, 0) is 18.8 Å². The zero-order valence-corrected chi connectivity index (χ0v) is 21.4. The first-order valence-electron chi connectivity index (χ1n) is 12.3. The summed E-state index contributed by atoms with van der Waals surface area (Å²) < 4.78 is 7.61. The molecule has 3 aromatic carbocycles. The number of rotatable bonds is 10. The fraction of sp³-hybridized carbons (Fsp3) is 0.167. The highest BCUT2D eigenvalue weighted by Crippen LogP contribution is 2.27. The van der Waals surface area contributed by atoms with E-state index in [0.717, 1.165) is 38.9 Å². The third kappa shape index (κ3) is 6.19. The Bertz CT molecular complexity index is 1470. The van der Waals surface area contributed by atoms with Gasteiger partial charge in [0, 0.05) is 24.1 Å². The molecule has 37 heavy (non-hydrogen) atoms. The Hall–Kier alpha value is -4.10. The molecule has 0 aliphatic heterocycles. The largest absolute Gasteiger partial charge is 0.494 e. The number of hydrogen-bond donors (Lipinski definition) is 1. The standard InChI is InChI=1S/C30H28N4O2S/c1-2-36-26-16-12-22(13-17-26)19-32-29(35)25-14-10-23(11-15-25)20-34-28-27(9-6-18-31-28)33-30(34)37-21-24-7-4-3-5-8-24/h3-18H,2,19-21H2,1H3,(H,32,35). The van der Waals surface area contributed by atoms with Crippen molar-refractivity contribution in [2.24, 2.45) is 0 Å². The molecule has 0 bridgehead atoms. The van der Waals surface area contributed by atoms with E-state index in [1.54, 1.807) is 18.0 Å². The van der Waals surface area contributed by atoms with Crippen LogP contribution in [0.2, 0.25) is 0 Å². The van der Waals surface area contributed by atoms with Gasteiger partial charge in [-0.15, -0.1) is 0 Å². The number of thioether (sulfide) groups is 1. The summed E-state index contributed by atoms with van der Waals surface area (Å²) in [6.07, 6.45) is 1.80. The first-order valence-corrected chi connectivity index (χ1v) is 13.2. The first kappa shape index (κ1) is 24.6. The molecule has 0 unspecified atom stereocenters. The number of nitrogens with zero attached hydrogens (tertiary/aromatic N) is 3. The second kappa shape index (κ2) is 11.8. The molecule has 2 heterocycles. The van der Waals surface area contributed by atoms with Crippen LogP contribution in [0.15, 0.2) is 102 Å². The molecule has 7 heteroatoms. The molecule has 1 amide bonds. The van der Waals surface area contributed by atoms with Crippen LogP contribution in [0.4, 0.5) is 0 Å². The lowest BCUT2D eigenvalue weighted by Crippen LogP contribution is -2.22. The van der Waals surface area contributed by atoms with Gasteiger partial charge in [-0.25, -0.2) is 9.97 Å². The molecule has 0 radical (unpaired) electrons. The highest BCUT2D eigenvalue weighted by molar-refractivity contribution is 7.98. The lowest BCUT2D eigenvalue weighted by molar-refractivity contribution is 0.0951. The van der Waals surface area contributed by atoms with Crippen LogP contribution < -0.4 is 10.1 Å². The Labute approximate surface area is 220 Å². The van der Waals surface area contributed by atoms with Crippen LogP contribution >= 0.6 is 11.8 Å². The maximum atomic E-state index is 12.7. The lowest BCUT2D eigenvalue weighted by atomic mass is 10.1. The van der Waals surface area contributed by atoms with E-state index in [4.69, 9.17) is 9.72 Å². The van der Waals surface area contributed by atoms with Gasteiger partial charge in [0.05, 0.1) is 13.2 Å². The van der Waals surface area contributed by atoms with Gasteiger partial charge in [-0.2, -0.15) is 0 Å². The number of carbonyl (C=O) groups excluding carboxylic acids is 1. The average Bonchev–Trinajstić information content (AvgIpc) is 3.29. The van der Waals surface area contributed by atoms with Gasteiger partial charge >= 0.3 is 0 Å². The van der Waals surface area contributed by atoms with Crippen molar-refractivity contribution in [2.45, 2.75) is 30.9 Å². The first-order chi connectivity index (χ1) is 18.2. The number of carbonyl (C=O) groups is 1. The molecule has 0 aliphatic carbocycles. The van der Waals surface area contributed by atoms with Gasteiger partial charge in [0.2, 0.25) is 0 Å². The number of imidazole rings is 1. The molecule has 0 fully saturated rings. The molecule has 2 aromatic heterocycles. The number of ether oxygens (including phenoxy) is 1. The Kier molecular flexibility index (Phi) is 7.81. The summed E-state index contributed by atoms with van der Waals surface area (Å²) in [4.78, 5) is 22.1. The van der Waals surface area contributed by atoms with E-state index in [1.807, 2.05) is 73.7 Å². The molecule has 5 rings (SSSR count). The van der Waals surface area contributed by atoms with E-state index in [2.05, 4.69) is 39.1 Å². The second-order valence-corrected chi connectivity index (χ2v) is 9.50. The van der Waals surface area contributed by atoms with Gasteiger partial charge in [-0.05, 0) is 60.0 Å². The Morgan fingerprint density at radius 3 is 2.41 bits per heavy atom. The highest BCUT2D eigenvalue weighted by Gasteiger charge is 2.13. The minimum Gasteiger partial charge on any atom is -0.494 e. The zero-order chi connectivity index (χ0) is 25.5. The van der Waals surface area contributed by atoms with E-state index in [9.17, 15) is 4.79 Å². The molecule has 6 nitrogen and oxygen atoms in total. The van der Waals surface area contributed by atoms with Crippen molar-refractivity contribution in [3.63, 3.8) is 0 Å². The van der Waals surface area contributed by atoms with Crippen molar-refractivity contribution in [3.8, 4) is 5.75 Å². The maximum Gasteiger partial charge on any atom is 0.251 e. The number of aromatic nitrogens is 3. The Morgan fingerprint density at radius 2 is 1.65 bits per heavy atom. The smallest absolute Gasteiger partial charge is 0.251 e. The average molecular weight is 509 g/mol. The number of amides is 1. The third-order valence-corrected chi connectivity index (χ3v) is 6.97. The van der Waals surface area contributed by atoms with Crippen LogP contribution in [0.3, 0.4) is 0 Å². The van der Waals surface area contributed by atoms with Gasteiger partial charge in [0.15, 0.2) is 10.8 Å². The lowest BCUT2D eigenvalue weighted by Gasteiger charge is -2.10. The fourth-order valence-electron chi connectivity index (χ4n) is 4.01. The quantitative estimate of drug-likeness (QED) is 0.231. The van der Waals surface area contributed by atoms with E-state index in [-0.39, 0.29) is 5.91 Å². The molecule has 1 N–H and O–H groups in total. The van der Waals surface area contributed by atoms with Gasteiger partial charge in [-0.1, -0.05) is 66.4 Å². The molecule has 5 aromatic rings. The van der Waals surface area contributed by atoms with Crippen molar-refractivity contribution < 1.29 is 9.53 Å². The van der Waals surface area contributed by atoms with Crippen LogP contribution in [0.5, 0.6) is 5.75 Å². The Balaban J connectivity index is 1.25. The number of hydrogen-bond acceptors (Lipinski definition) is 5. The number of benzene rings is 3. The summed E-state index contributed by atoms with van der Waals surface area (Å²) in [7, 11) is 0. The molecule has 186 valence electrons. The van der Waals surface area contributed by atoms with E-state index >= 15 is 0 Å². The van der Waals surface area contributed by atoms with Crippen molar-refractivity contribution in [3.05, 3.63) is 119 Å². The predicted octanol–water partition coefficient (Wildman–Crippen LogP) is 6.10. The highest BCUT2D eigenvalue weighted by atomic mass is 32.2. The van der Waals surface area contributed by atoms with Crippen molar-refractivity contribution in [2.75, 3.05) is 6.61 Å². The Morgan fingerprint density at radius 1 is 0.892 bits per heavy atom. The normalized spacial score (nSPS) is 10.9. The molecule has 0 saturated carbocycles. The summed E-state index contributed by atoms with van der Waals surface area (Å²) in [5, 5.41) is 3.91. The minimum absolute atomic E-state index is 0.103. The van der Waals surface area contributed by atoms with Crippen molar-refractivity contribution >= 4 is 28.8 Å². The predicted molar refractivity (Wildman–Crippen MR) is 148 cm³/mol. The summed E-state index contributed by atoms with van der Waals surface area (Å²) >= 11 is 1.70. The summed E-state index contributed by atoms with van der Waals surface area (Å²) in [6, 6.07) is 29.8. The van der Waals surface area contributed by atoms with Gasteiger partial charge < -0.3 is 10.1 Å². The summed E-state index contributed by atoms with van der Waals surface area (Å²) in [6.45, 7) is 3.67. The van der Waals surface area contributed by atoms with Crippen molar-refractivity contribution in [1.29, 1.82) is 0 Å². The summed E-state index contributed by atoms with van der Waals surface area (Å²) in [5.41, 5.74) is 5.71.